The average Bonchev–Trinajstić information content (AvgIpc) is 3.02. The molecule has 0 saturated carbocycles. The van der Waals surface area contributed by atoms with Crippen molar-refractivity contribution >= 4 is 22.6 Å². The van der Waals surface area contributed by atoms with E-state index >= 15 is 0 Å². The highest BCUT2D eigenvalue weighted by Crippen LogP contribution is 2.41. The number of ether oxygens (including phenoxy) is 2. The molecule has 0 radical (unpaired) electrons. The van der Waals surface area contributed by atoms with Crippen molar-refractivity contribution in [2.75, 3.05) is 38.0 Å². The molecule has 0 amide bonds. The second kappa shape index (κ2) is 8.31. The van der Waals surface area contributed by atoms with Crippen molar-refractivity contribution in [3.63, 3.8) is 0 Å². The van der Waals surface area contributed by atoms with Crippen LogP contribution in [0.4, 0.5) is 10.1 Å². The molecule has 1 N–H and O–H groups in total. The lowest BCUT2D eigenvalue weighted by Gasteiger charge is -2.24. The summed E-state index contributed by atoms with van der Waals surface area (Å²) in [4.78, 5) is 2.06. The highest BCUT2D eigenvalue weighted by Gasteiger charge is 2.53. The van der Waals surface area contributed by atoms with Gasteiger partial charge in [0.15, 0.2) is 18.0 Å². The molecular formula is C20H22BrFN2O3S. The number of β-amino-alcohol motifs (C(OH)–C–C–N with tert-alkyl or cyclic N) is 1. The van der Waals surface area contributed by atoms with Gasteiger partial charge >= 0.3 is 5.17 Å². The molecule has 150 valence electrons. The van der Waals surface area contributed by atoms with E-state index in [-0.39, 0.29) is 22.8 Å². The molecule has 4 rings (SSSR count). The summed E-state index contributed by atoms with van der Waals surface area (Å²) in [5, 5.41) is 12.6. The standard InChI is InChI=1S/C20H22FN2O3S.BrH/c1-25-16-8-9-18(26-2)17(12-16)22-13-20(24,14-4-6-15(21)7-5-14)23-10-3-11-27-19(22)23;/h4-9,12,24H,3,10-11,13H2,1-2H3;1H/q+1;/p-1. The molecule has 0 bridgehead atoms. The van der Waals surface area contributed by atoms with Gasteiger partial charge in [-0.1, -0.05) is 0 Å². The van der Waals surface area contributed by atoms with Crippen LogP contribution in [0.15, 0.2) is 42.5 Å². The van der Waals surface area contributed by atoms with Gasteiger partial charge in [-0.25, -0.2) is 13.9 Å². The maximum absolute atomic E-state index is 13.4. The van der Waals surface area contributed by atoms with Crippen LogP contribution >= 0.6 is 11.8 Å². The number of hydrogen-bond acceptors (Lipinski definition) is 5. The van der Waals surface area contributed by atoms with Crippen molar-refractivity contribution in [2.24, 2.45) is 0 Å². The van der Waals surface area contributed by atoms with Crippen LogP contribution in [0.3, 0.4) is 0 Å². The van der Waals surface area contributed by atoms with E-state index in [2.05, 4.69) is 4.90 Å². The fourth-order valence-electron chi connectivity index (χ4n) is 3.66. The van der Waals surface area contributed by atoms with Gasteiger partial charge < -0.3 is 31.6 Å². The van der Waals surface area contributed by atoms with E-state index in [1.54, 1.807) is 38.1 Å². The molecule has 2 heterocycles. The number of aliphatic hydroxyl groups is 1. The van der Waals surface area contributed by atoms with Crippen LogP contribution in [0, 0.1) is 5.82 Å². The molecule has 0 saturated heterocycles. The molecule has 2 aromatic carbocycles. The molecule has 1 atom stereocenters. The van der Waals surface area contributed by atoms with Crippen molar-refractivity contribution < 1.29 is 40.5 Å². The van der Waals surface area contributed by atoms with E-state index < -0.39 is 5.72 Å². The Labute approximate surface area is 178 Å². The van der Waals surface area contributed by atoms with E-state index in [4.69, 9.17) is 9.47 Å². The first-order chi connectivity index (χ1) is 13.1. The number of thioether (sulfide) groups is 1. The number of anilines is 1. The summed E-state index contributed by atoms with van der Waals surface area (Å²) in [7, 11) is 3.25. The van der Waals surface area contributed by atoms with E-state index in [0.29, 0.717) is 17.9 Å². The Morgan fingerprint density at radius 3 is 2.57 bits per heavy atom. The maximum atomic E-state index is 13.4. The highest BCUT2D eigenvalue weighted by molar-refractivity contribution is 8.13. The third kappa shape index (κ3) is 3.49. The van der Waals surface area contributed by atoms with Crippen molar-refractivity contribution in [3.8, 4) is 11.5 Å². The number of amidine groups is 1. The molecule has 0 aliphatic carbocycles. The molecule has 8 heteroatoms. The summed E-state index contributed by atoms with van der Waals surface area (Å²) in [6.45, 7) is 1.06. The first kappa shape index (κ1) is 21.0. The number of benzene rings is 2. The molecule has 2 aromatic rings. The Bertz CT molecular complexity index is 894. The third-order valence-electron chi connectivity index (χ3n) is 5.03. The van der Waals surface area contributed by atoms with Crippen LogP contribution < -0.4 is 31.4 Å². The van der Waals surface area contributed by atoms with Gasteiger partial charge in [0.25, 0.3) is 5.72 Å². The summed E-state index contributed by atoms with van der Waals surface area (Å²) >= 11 is 1.71. The molecular weight excluding hydrogens is 447 g/mol. The fraction of sp³-hybridized carbons (Fsp3) is 0.350. The topological polar surface area (TPSA) is 44.9 Å². The lowest BCUT2D eigenvalue weighted by molar-refractivity contribution is -0.656. The van der Waals surface area contributed by atoms with Crippen LogP contribution in [0.2, 0.25) is 0 Å². The zero-order valence-corrected chi connectivity index (χ0v) is 18.1. The largest absolute Gasteiger partial charge is 1.00 e. The van der Waals surface area contributed by atoms with Gasteiger partial charge in [-0.15, -0.1) is 0 Å². The highest BCUT2D eigenvalue weighted by atomic mass is 79.9. The van der Waals surface area contributed by atoms with Crippen molar-refractivity contribution in [1.29, 1.82) is 0 Å². The van der Waals surface area contributed by atoms with Gasteiger partial charge in [0, 0.05) is 17.4 Å². The van der Waals surface area contributed by atoms with Crippen molar-refractivity contribution in [2.45, 2.75) is 12.1 Å². The SMILES string of the molecule is COc1ccc(OC)c(N2CC(O)(c3ccc(F)cc3)[N+]3=C2SCCC3)c1.[Br-]. The molecule has 0 aromatic heterocycles. The summed E-state index contributed by atoms with van der Waals surface area (Å²) < 4.78 is 26.4. The summed E-state index contributed by atoms with van der Waals surface area (Å²) in [6.07, 6.45) is 0.973. The number of hydrogen-bond donors (Lipinski definition) is 1. The number of halogens is 2. The predicted molar refractivity (Wildman–Crippen MR) is 104 cm³/mol. The minimum Gasteiger partial charge on any atom is -1.00 e. The second-order valence-electron chi connectivity index (χ2n) is 6.58. The van der Waals surface area contributed by atoms with Crippen LogP contribution in [-0.2, 0) is 5.72 Å². The Kier molecular flexibility index (Phi) is 6.21. The minimum absolute atomic E-state index is 0. The van der Waals surface area contributed by atoms with Crippen molar-refractivity contribution in [1.82, 2.24) is 0 Å². The van der Waals surface area contributed by atoms with E-state index in [1.165, 1.54) is 12.1 Å². The Morgan fingerprint density at radius 1 is 1.14 bits per heavy atom. The number of rotatable bonds is 4. The zero-order chi connectivity index (χ0) is 19.0. The van der Waals surface area contributed by atoms with Crippen LogP contribution in [0.1, 0.15) is 12.0 Å². The monoisotopic (exact) mass is 468 g/mol. The minimum atomic E-state index is -1.23. The van der Waals surface area contributed by atoms with Gasteiger partial charge in [-0.3, -0.25) is 0 Å². The van der Waals surface area contributed by atoms with E-state index in [0.717, 1.165) is 35.3 Å². The van der Waals surface area contributed by atoms with Crippen LogP contribution in [0.5, 0.6) is 11.5 Å². The summed E-state index contributed by atoms with van der Waals surface area (Å²) in [6, 6.07) is 11.7. The lowest BCUT2D eigenvalue weighted by Crippen LogP contribution is -3.00. The first-order valence-electron chi connectivity index (χ1n) is 8.82. The average molecular weight is 469 g/mol. The van der Waals surface area contributed by atoms with Gasteiger partial charge in [0.2, 0.25) is 0 Å². The van der Waals surface area contributed by atoms with E-state index in [9.17, 15) is 9.50 Å². The normalized spacial score (nSPS) is 21.2. The molecule has 0 fully saturated rings. The number of methoxy groups -OCH3 is 2. The second-order valence-corrected chi connectivity index (χ2v) is 7.65. The molecule has 0 spiro atoms. The molecule has 28 heavy (non-hydrogen) atoms. The van der Waals surface area contributed by atoms with Gasteiger partial charge in [-0.05, 0) is 54.6 Å². The van der Waals surface area contributed by atoms with E-state index in [1.807, 2.05) is 22.8 Å². The predicted octanol–water partition coefficient (Wildman–Crippen LogP) is 0.0176. The fourth-order valence-corrected chi connectivity index (χ4v) is 4.83. The van der Waals surface area contributed by atoms with Crippen molar-refractivity contribution in [3.05, 3.63) is 53.8 Å². The Balaban J connectivity index is 0.00000225. The number of nitrogens with zero attached hydrogens (tertiary/aromatic N) is 2. The zero-order valence-electron chi connectivity index (χ0n) is 15.7. The lowest BCUT2D eigenvalue weighted by atomic mass is 10.0. The molecule has 1 unspecified atom stereocenters. The Morgan fingerprint density at radius 2 is 1.89 bits per heavy atom. The van der Waals surface area contributed by atoms with Gasteiger partial charge in [0.1, 0.15) is 11.6 Å². The maximum Gasteiger partial charge on any atom is 0.316 e. The molecule has 5 nitrogen and oxygen atoms in total. The quantitative estimate of drug-likeness (QED) is 0.640. The summed E-state index contributed by atoms with van der Waals surface area (Å²) in [5.74, 6) is 2.09. The summed E-state index contributed by atoms with van der Waals surface area (Å²) in [5.41, 5.74) is 0.280. The van der Waals surface area contributed by atoms with Gasteiger partial charge in [0.05, 0.1) is 20.8 Å². The molecule has 2 aliphatic heterocycles. The smallest absolute Gasteiger partial charge is 0.316 e. The Hall–Kier alpha value is -1.77. The van der Waals surface area contributed by atoms with Crippen LogP contribution in [-0.4, -0.2) is 47.9 Å². The first-order valence-corrected chi connectivity index (χ1v) is 9.81. The van der Waals surface area contributed by atoms with Crippen LogP contribution in [0.25, 0.3) is 0 Å². The van der Waals surface area contributed by atoms with Gasteiger partial charge in [-0.2, -0.15) is 0 Å². The molecule has 2 aliphatic rings. The third-order valence-corrected chi connectivity index (χ3v) is 6.22.